The molecule has 0 saturated carbocycles. The predicted octanol–water partition coefficient (Wildman–Crippen LogP) is -0.0585. The van der Waals surface area contributed by atoms with Gasteiger partial charge in [-0.05, 0) is 18.6 Å². The molecular weight excluding hydrogens is 465 g/mol. The van der Waals surface area contributed by atoms with Gasteiger partial charge in [-0.15, -0.1) is 0 Å². The molecule has 0 bridgehead atoms. The van der Waals surface area contributed by atoms with Gasteiger partial charge in [-0.2, -0.15) is 0 Å². The number of morpholine rings is 2. The number of rotatable bonds is 1. The lowest BCUT2D eigenvalue weighted by Gasteiger charge is -2.54. The molecule has 6 rings (SSSR count). The lowest BCUT2D eigenvalue weighted by molar-refractivity contribution is -0.151. The molecule has 5 amide bonds. The Balaban J connectivity index is 1.52. The minimum absolute atomic E-state index is 0.0529. The van der Waals surface area contributed by atoms with Crippen LogP contribution in [0.3, 0.4) is 0 Å². The van der Waals surface area contributed by atoms with Crippen LogP contribution in [0.4, 0.5) is 14.9 Å². The summed E-state index contributed by atoms with van der Waals surface area (Å²) in [6, 6.07) is -0.236. The summed E-state index contributed by atoms with van der Waals surface area (Å²) in [7, 11) is 0. The molecule has 4 aliphatic rings. The van der Waals surface area contributed by atoms with Crippen LogP contribution in [0.1, 0.15) is 23.0 Å². The number of amides is 5. The Morgan fingerprint density at radius 1 is 1.14 bits per heavy atom. The number of fused-ring (bicyclic) bond motifs is 5. The van der Waals surface area contributed by atoms with Gasteiger partial charge >= 0.3 is 6.03 Å². The topological polar surface area (TPSA) is 143 Å². The lowest BCUT2D eigenvalue weighted by Crippen LogP contribution is -2.74. The average molecular weight is 487 g/mol. The van der Waals surface area contributed by atoms with Gasteiger partial charge in [0, 0.05) is 26.1 Å². The molecule has 2 aromatic rings. The van der Waals surface area contributed by atoms with Crippen LogP contribution >= 0.6 is 0 Å². The number of imide groups is 2. The van der Waals surface area contributed by atoms with Gasteiger partial charge in [-0.3, -0.25) is 25.0 Å². The van der Waals surface area contributed by atoms with Crippen LogP contribution in [0.15, 0.2) is 10.6 Å². The van der Waals surface area contributed by atoms with E-state index in [1.54, 1.807) is 22.8 Å². The number of hydrogen-bond donors (Lipinski definition) is 2. The third-order valence-corrected chi connectivity index (χ3v) is 7.28. The molecule has 13 heteroatoms. The largest absolute Gasteiger partial charge is 0.378 e. The first-order chi connectivity index (χ1) is 16.8. The first-order valence-electron chi connectivity index (χ1n) is 11.4. The number of nitrogens with zero attached hydrogens (tertiary/aromatic N) is 3. The number of benzene rings is 1. The van der Waals surface area contributed by atoms with Crippen molar-refractivity contribution >= 4 is 40.4 Å². The van der Waals surface area contributed by atoms with E-state index in [1.165, 1.54) is 0 Å². The number of urea groups is 1. The Morgan fingerprint density at radius 3 is 2.57 bits per heavy atom. The molecule has 2 N–H and O–H groups in total. The van der Waals surface area contributed by atoms with Crippen LogP contribution in [-0.4, -0.2) is 85.4 Å². The molecule has 3 fully saturated rings. The lowest BCUT2D eigenvalue weighted by atomic mass is 9.66. The molecule has 184 valence electrons. The first-order valence-corrected chi connectivity index (χ1v) is 11.4. The van der Waals surface area contributed by atoms with Crippen molar-refractivity contribution in [1.29, 1.82) is 0 Å². The molecule has 3 saturated heterocycles. The van der Waals surface area contributed by atoms with Crippen molar-refractivity contribution in [2.75, 3.05) is 44.4 Å². The van der Waals surface area contributed by atoms with Gasteiger partial charge in [0.2, 0.25) is 17.4 Å². The molecule has 0 unspecified atom stereocenters. The van der Waals surface area contributed by atoms with Gasteiger partial charge in [-0.1, -0.05) is 5.16 Å². The average Bonchev–Trinajstić information content (AvgIpc) is 3.26. The molecule has 0 radical (unpaired) electrons. The van der Waals surface area contributed by atoms with Crippen LogP contribution in [0.5, 0.6) is 0 Å². The van der Waals surface area contributed by atoms with Crippen molar-refractivity contribution in [3.63, 3.8) is 0 Å². The van der Waals surface area contributed by atoms with Gasteiger partial charge in [0.25, 0.3) is 5.91 Å². The summed E-state index contributed by atoms with van der Waals surface area (Å²) in [5.74, 6) is -2.71. The van der Waals surface area contributed by atoms with E-state index < -0.39 is 47.1 Å². The highest BCUT2D eigenvalue weighted by Crippen LogP contribution is 2.48. The van der Waals surface area contributed by atoms with E-state index in [1.807, 2.05) is 0 Å². The molecule has 4 aliphatic heterocycles. The SMILES string of the molecule is C[C@@H]1OCCN2c3c(cc4c(C(=O)N5CCOCC5)noc4c3F)CC3(C(=O)NC(=O)NC3=O)[C@@H]12. The molecule has 5 heterocycles. The van der Waals surface area contributed by atoms with E-state index in [-0.39, 0.29) is 41.9 Å². The number of nitrogens with one attached hydrogen (secondary N) is 2. The number of barbiturate groups is 1. The number of aromatic nitrogens is 1. The summed E-state index contributed by atoms with van der Waals surface area (Å²) in [5.41, 5.74) is -1.47. The monoisotopic (exact) mass is 487 g/mol. The Hall–Kier alpha value is -3.58. The number of carbonyl (C=O) groups excluding carboxylic acids is 4. The van der Waals surface area contributed by atoms with Crippen molar-refractivity contribution in [1.82, 2.24) is 20.7 Å². The Morgan fingerprint density at radius 2 is 1.86 bits per heavy atom. The summed E-state index contributed by atoms with van der Waals surface area (Å²) in [6.45, 7) is 3.64. The summed E-state index contributed by atoms with van der Waals surface area (Å²) in [5, 5.41) is 8.39. The zero-order valence-electron chi connectivity index (χ0n) is 18.8. The second kappa shape index (κ2) is 7.71. The van der Waals surface area contributed by atoms with Gasteiger partial charge in [0.15, 0.2) is 16.9 Å². The Bertz CT molecular complexity index is 1270. The summed E-state index contributed by atoms with van der Waals surface area (Å²) in [6.07, 6.45) is -0.823. The molecule has 2 atom stereocenters. The fourth-order valence-electron chi connectivity index (χ4n) is 5.73. The standard InChI is InChI=1S/C22H22FN5O7/c1-10-17-22(19(30)24-21(32)25-20(22)31)9-11-8-12-14(18(29)27-2-5-33-6-3-27)26-35-16(12)13(23)15(11)28(17)4-7-34-10/h8,10,17H,2-7,9H2,1H3,(H2,24,25,30,31,32)/t10-,17+/m0/s1. The van der Waals surface area contributed by atoms with E-state index in [0.717, 1.165) is 0 Å². The van der Waals surface area contributed by atoms with Crippen molar-refractivity contribution in [2.24, 2.45) is 5.41 Å². The first kappa shape index (κ1) is 21.9. The number of halogens is 1. The Labute approximate surface area is 197 Å². The second-order valence-corrected chi connectivity index (χ2v) is 9.11. The van der Waals surface area contributed by atoms with E-state index in [0.29, 0.717) is 31.9 Å². The quantitative estimate of drug-likeness (QED) is 0.529. The summed E-state index contributed by atoms with van der Waals surface area (Å²) in [4.78, 5) is 54.5. The van der Waals surface area contributed by atoms with Crippen molar-refractivity contribution in [2.45, 2.75) is 25.5 Å². The number of anilines is 1. The van der Waals surface area contributed by atoms with Crippen molar-refractivity contribution < 1.29 is 37.6 Å². The van der Waals surface area contributed by atoms with Crippen molar-refractivity contribution in [3.8, 4) is 0 Å². The molecule has 12 nitrogen and oxygen atoms in total. The zero-order valence-corrected chi connectivity index (χ0v) is 18.8. The van der Waals surface area contributed by atoms with Crippen LogP contribution in [0.2, 0.25) is 0 Å². The summed E-state index contributed by atoms with van der Waals surface area (Å²) >= 11 is 0. The van der Waals surface area contributed by atoms with Gasteiger partial charge < -0.3 is 23.8 Å². The molecule has 1 aromatic heterocycles. The normalized spacial score (nSPS) is 25.8. The molecule has 35 heavy (non-hydrogen) atoms. The zero-order chi connectivity index (χ0) is 24.5. The van der Waals surface area contributed by atoms with Crippen LogP contribution in [0.25, 0.3) is 11.0 Å². The van der Waals surface area contributed by atoms with Crippen molar-refractivity contribution in [3.05, 3.63) is 23.1 Å². The number of carbonyl (C=O) groups is 4. The number of hydrogen-bond acceptors (Lipinski definition) is 9. The van der Waals surface area contributed by atoms with E-state index in [2.05, 4.69) is 15.8 Å². The minimum atomic E-state index is -1.74. The highest BCUT2D eigenvalue weighted by molar-refractivity contribution is 6.20. The smallest absolute Gasteiger partial charge is 0.328 e. The van der Waals surface area contributed by atoms with E-state index >= 15 is 4.39 Å². The fourth-order valence-corrected chi connectivity index (χ4v) is 5.73. The maximum atomic E-state index is 16.0. The number of ether oxygens (including phenoxy) is 2. The second-order valence-electron chi connectivity index (χ2n) is 9.11. The third kappa shape index (κ3) is 3.01. The van der Waals surface area contributed by atoms with E-state index in [9.17, 15) is 19.2 Å². The Kier molecular flexibility index (Phi) is 4.83. The molecule has 1 spiro atoms. The van der Waals surface area contributed by atoms with Crippen LogP contribution < -0.4 is 15.5 Å². The maximum absolute atomic E-state index is 16.0. The highest BCUT2D eigenvalue weighted by Gasteiger charge is 2.63. The van der Waals surface area contributed by atoms with Crippen LogP contribution in [-0.2, 0) is 25.5 Å². The van der Waals surface area contributed by atoms with Gasteiger partial charge in [0.1, 0.15) is 0 Å². The maximum Gasteiger partial charge on any atom is 0.328 e. The fraction of sp³-hybridized carbons (Fsp3) is 0.500. The highest BCUT2D eigenvalue weighted by atomic mass is 19.1. The molecule has 1 aromatic carbocycles. The predicted molar refractivity (Wildman–Crippen MR) is 115 cm³/mol. The van der Waals surface area contributed by atoms with E-state index in [4.69, 9.17) is 14.0 Å². The third-order valence-electron chi connectivity index (χ3n) is 7.28. The molecule has 0 aliphatic carbocycles. The van der Waals surface area contributed by atoms with Crippen LogP contribution in [0, 0.1) is 11.2 Å². The van der Waals surface area contributed by atoms with Gasteiger partial charge in [0.05, 0.1) is 43.0 Å². The van der Waals surface area contributed by atoms with Gasteiger partial charge in [-0.25, -0.2) is 9.18 Å². The minimum Gasteiger partial charge on any atom is -0.378 e. The molecular formula is C22H22FN5O7. The summed E-state index contributed by atoms with van der Waals surface area (Å²) < 4.78 is 32.3.